The van der Waals surface area contributed by atoms with Crippen LogP contribution in [0.1, 0.15) is 28.7 Å². The number of rotatable bonds is 3. The van der Waals surface area contributed by atoms with Crippen LogP contribution in [0.4, 0.5) is 0 Å². The molecule has 0 radical (unpaired) electrons. The highest BCUT2D eigenvalue weighted by atomic mass is 16.5. The Morgan fingerprint density at radius 3 is 3.00 bits per heavy atom. The van der Waals surface area contributed by atoms with Crippen molar-refractivity contribution in [2.24, 2.45) is 5.92 Å². The quantitative estimate of drug-likeness (QED) is 0.820. The van der Waals surface area contributed by atoms with Gasteiger partial charge in [-0.15, -0.1) is 10.2 Å². The van der Waals surface area contributed by atoms with Crippen LogP contribution in [0.3, 0.4) is 0 Å². The summed E-state index contributed by atoms with van der Waals surface area (Å²) in [6.07, 6.45) is 4.67. The van der Waals surface area contributed by atoms with Crippen molar-refractivity contribution in [3.63, 3.8) is 0 Å². The summed E-state index contributed by atoms with van der Waals surface area (Å²) in [5.74, 6) is 1.48. The van der Waals surface area contributed by atoms with Gasteiger partial charge >= 0.3 is 0 Å². The number of aromatic nitrogens is 4. The van der Waals surface area contributed by atoms with Gasteiger partial charge < -0.3 is 14.1 Å². The molecule has 2 aromatic heterocycles. The molecule has 2 aliphatic heterocycles. The first-order valence-corrected chi connectivity index (χ1v) is 7.69. The number of amides is 1. The number of carbonyl (C=O) groups excluding carboxylic acids is 1. The lowest BCUT2D eigenvalue weighted by molar-refractivity contribution is 0.0334. The Bertz CT molecular complexity index is 690. The number of ether oxygens (including phenoxy) is 1. The van der Waals surface area contributed by atoms with Crippen molar-refractivity contribution < 1.29 is 13.9 Å². The predicted octanol–water partition coefficient (Wildman–Crippen LogP) is 0.640. The van der Waals surface area contributed by atoms with E-state index in [1.54, 1.807) is 19.2 Å². The molecule has 8 nitrogen and oxygen atoms in total. The molecule has 4 rings (SSSR count). The lowest BCUT2D eigenvalue weighted by atomic mass is 10.0. The van der Waals surface area contributed by atoms with Gasteiger partial charge in [-0.25, -0.2) is 9.97 Å². The molecule has 0 bridgehead atoms. The van der Waals surface area contributed by atoms with E-state index in [9.17, 15) is 4.79 Å². The standard InChI is InChI=1S/C15H17N5O3/c1-9-18-19-14(22-9)5-11-4-10-6-20(7-13(10)23-11)15(21)12-2-3-16-8-17-12/h2-3,8,10-11,13H,4-7H2,1H3/t10-,11+,13+/m0/s1. The molecule has 8 heteroatoms. The van der Waals surface area contributed by atoms with Crippen LogP contribution in [0.5, 0.6) is 0 Å². The molecule has 0 spiro atoms. The van der Waals surface area contributed by atoms with Crippen LogP contribution < -0.4 is 0 Å². The minimum Gasteiger partial charge on any atom is -0.426 e. The van der Waals surface area contributed by atoms with Crippen molar-refractivity contribution in [2.75, 3.05) is 13.1 Å². The molecule has 1 amide bonds. The Hall–Kier alpha value is -2.35. The minimum atomic E-state index is -0.0607. The number of fused-ring (bicyclic) bond motifs is 1. The average molecular weight is 315 g/mol. The van der Waals surface area contributed by atoms with Crippen molar-refractivity contribution in [1.82, 2.24) is 25.1 Å². The third-order valence-corrected chi connectivity index (χ3v) is 4.37. The molecule has 0 aromatic carbocycles. The van der Waals surface area contributed by atoms with Gasteiger partial charge in [-0.05, 0) is 12.5 Å². The van der Waals surface area contributed by atoms with Crippen molar-refractivity contribution >= 4 is 5.91 Å². The zero-order valence-electron chi connectivity index (χ0n) is 12.8. The normalized spacial score (nSPS) is 26.5. The Kier molecular flexibility index (Phi) is 3.53. The van der Waals surface area contributed by atoms with Crippen LogP contribution in [0.25, 0.3) is 0 Å². The molecule has 23 heavy (non-hydrogen) atoms. The van der Waals surface area contributed by atoms with Gasteiger partial charge in [0.15, 0.2) is 0 Å². The minimum absolute atomic E-state index is 0.0607. The van der Waals surface area contributed by atoms with Gasteiger partial charge in [0.2, 0.25) is 11.8 Å². The molecular formula is C15H17N5O3. The maximum absolute atomic E-state index is 12.4. The maximum Gasteiger partial charge on any atom is 0.272 e. The van der Waals surface area contributed by atoms with Crippen LogP contribution in [0, 0.1) is 12.8 Å². The first-order valence-electron chi connectivity index (χ1n) is 7.69. The summed E-state index contributed by atoms with van der Waals surface area (Å²) < 4.78 is 11.5. The van der Waals surface area contributed by atoms with Crippen molar-refractivity contribution in [3.8, 4) is 0 Å². The van der Waals surface area contributed by atoms with Gasteiger partial charge in [0.25, 0.3) is 5.91 Å². The fourth-order valence-electron chi connectivity index (χ4n) is 3.35. The topological polar surface area (TPSA) is 94.2 Å². The number of aryl methyl sites for hydroxylation is 1. The van der Waals surface area contributed by atoms with Gasteiger partial charge in [0, 0.05) is 32.1 Å². The van der Waals surface area contributed by atoms with Crippen molar-refractivity contribution in [1.29, 1.82) is 0 Å². The fourth-order valence-corrected chi connectivity index (χ4v) is 3.35. The first kappa shape index (κ1) is 14.3. The van der Waals surface area contributed by atoms with Crippen LogP contribution >= 0.6 is 0 Å². The molecule has 2 aromatic rings. The van der Waals surface area contributed by atoms with E-state index in [1.807, 2.05) is 4.90 Å². The van der Waals surface area contributed by atoms with Crippen LogP contribution in [0.2, 0.25) is 0 Å². The number of hydrogen-bond donors (Lipinski definition) is 0. The summed E-state index contributed by atoms with van der Waals surface area (Å²) in [6.45, 7) is 3.08. The van der Waals surface area contributed by atoms with Crippen molar-refractivity contribution in [2.45, 2.75) is 32.0 Å². The number of nitrogens with zero attached hydrogens (tertiary/aromatic N) is 5. The summed E-state index contributed by atoms with van der Waals surface area (Å²) in [4.78, 5) is 22.1. The number of hydrogen-bond acceptors (Lipinski definition) is 7. The second-order valence-corrected chi connectivity index (χ2v) is 6.02. The van der Waals surface area contributed by atoms with Gasteiger partial charge in [-0.3, -0.25) is 4.79 Å². The van der Waals surface area contributed by atoms with Gasteiger partial charge in [0.1, 0.15) is 12.0 Å². The van der Waals surface area contributed by atoms with E-state index in [-0.39, 0.29) is 18.1 Å². The molecule has 120 valence electrons. The maximum atomic E-state index is 12.4. The van der Waals surface area contributed by atoms with E-state index in [1.165, 1.54) is 6.33 Å². The molecule has 0 saturated carbocycles. The van der Waals surface area contributed by atoms with Crippen LogP contribution in [-0.2, 0) is 11.2 Å². The summed E-state index contributed by atoms with van der Waals surface area (Å²) >= 11 is 0. The van der Waals surface area contributed by atoms with Crippen LogP contribution in [0.15, 0.2) is 23.0 Å². The monoisotopic (exact) mass is 315 g/mol. The molecule has 2 aliphatic rings. The zero-order valence-corrected chi connectivity index (χ0v) is 12.8. The molecular weight excluding hydrogens is 298 g/mol. The van der Waals surface area contributed by atoms with Crippen molar-refractivity contribution in [3.05, 3.63) is 36.1 Å². The van der Waals surface area contributed by atoms with Gasteiger partial charge in [-0.2, -0.15) is 0 Å². The molecule has 4 heterocycles. The average Bonchev–Trinajstić information content (AvgIpc) is 3.22. The van der Waals surface area contributed by atoms with E-state index >= 15 is 0 Å². The highest BCUT2D eigenvalue weighted by molar-refractivity contribution is 5.92. The van der Waals surface area contributed by atoms with Gasteiger partial charge in [0.05, 0.1) is 18.6 Å². The van der Waals surface area contributed by atoms with E-state index in [4.69, 9.17) is 9.15 Å². The summed E-state index contributed by atoms with van der Waals surface area (Å²) in [5.41, 5.74) is 0.429. The largest absolute Gasteiger partial charge is 0.426 e. The predicted molar refractivity (Wildman–Crippen MR) is 77.4 cm³/mol. The Morgan fingerprint density at radius 2 is 2.30 bits per heavy atom. The van der Waals surface area contributed by atoms with E-state index < -0.39 is 0 Å². The summed E-state index contributed by atoms with van der Waals surface area (Å²) in [5, 5.41) is 7.84. The molecule has 2 fully saturated rings. The lowest BCUT2D eigenvalue weighted by Crippen LogP contribution is -2.32. The second kappa shape index (κ2) is 5.69. The molecule has 3 atom stereocenters. The SMILES string of the molecule is Cc1nnc(C[C@H]2C[C@H]3CN(C(=O)c4ccncn4)C[C@H]3O2)o1. The molecule has 0 N–H and O–H groups in total. The third kappa shape index (κ3) is 2.81. The highest BCUT2D eigenvalue weighted by Crippen LogP contribution is 2.34. The highest BCUT2D eigenvalue weighted by Gasteiger charge is 2.44. The summed E-state index contributed by atoms with van der Waals surface area (Å²) in [6, 6.07) is 1.64. The Morgan fingerprint density at radius 1 is 1.39 bits per heavy atom. The number of carbonyl (C=O) groups is 1. The molecule has 2 saturated heterocycles. The third-order valence-electron chi connectivity index (χ3n) is 4.37. The Balaban J connectivity index is 1.36. The number of likely N-dealkylation sites (tertiary alicyclic amines) is 1. The molecule has 0 unspecified atom stereocenters. The first-order chi connectivity index (χ1) is 11.2. The zero-order chi connectivity index (χ0) is 15.8. The molecule has 0 aliphatic carbocycles. The Labute approximate surface area is 132 Å². The fraction of sp³-hybridized carbons (Fsp3) is 0.533. The van der Waals surface area contributed by atoms with Gasteiger partial charge in [-0.1, -0.05) is 0 Å². The van der Waals surface area contributed by atoms with E-state index in [0.29, 0.717) is 42.9 Å². The second-order valence-electron chi connectivity index (χ2n) is 6.02. The van der Waals surface area contributed by atoms with E-state index in [0.717, 1.165) is 6.42 Å². The van der Waals surface area contributed by atoms with Crippen LogP contribution in [-0.4, -0.2) is 56.3 Å². The smallest absolute Gasteiger partial charge is 0.272 e. The van der Waals surface area contributed by atoms with E-state index in [2.05, 4.69) is 20.2 Å². The lowest BCUT2D eigenvalue weighted by Gasteiger charge is -2.18. The summed E-state index contributed by atoms with van der Waals surface area (Å²) in [7, 11) is 0.